The highest BCUT2D eigenvalue weighted by molar-refractivity contribution is 5.89. The molecule has 0 unspecified atom stereocenters. The van der Waals surface area contributed by atoms with Crippen LogP contribution in [0.1, 0.15) is 11.1 Å². The van der Waals surface area contributed by atoms with Crippen molar-refractivity contribution in [1.82, 2.24) is 0 Å². The van der Waals surface area contributed by atoms with Crippen molar-refractivity contribution < 1.29 is 4.79 Å². The Morgan fingerprint density at radius 1 is 0.824 bits per heavy atom. The molecule has 0 saturated heterocycles. The van der Waals surface area contributed by atoms with Crippen LogP contribution < -0.4 is 4.90 Å². The molecule has 85 valence electrons. The van der Waals surface area contributed by atoms with Crippen LogP contribution in [-0.4, -0.2) is 6.41 Å². The van der Waals surface area contributed by atoms with Crippen molar-refractivity contribution in [2.75, 3.05) is 4.90 Å². The summed E-state index contributed by atoms with van der Waals surface area (Å²) < 4.78 is 0. The van der Waals surface area contributed by atoms with Crippen molar-refractivity contribution in [3.05, 3.63) is 59.7 Å². The quantitative estimate of drug-likeness (QED) is 0.730. The topological polar surface area (TPSA) is 20.3 Å². The van der Waals surface area contributed by atoms with E-state index in [0.29, 0.717) is 0 Å². The van der Waals surface area contributed by atoms with Gasteiger partial charge in [0.1, 0.15) is 0 Å². The van der Waals surface area contributed by atoms with Gasteiger partial charge in [-0.3, -0.25) is 9.69 Å². The van der Waals surface area contributed by atoms with Gasteiger partial charge in [0.25, 0.3) is 0 Å². The average Bonchev–Trinajstić information content (AvgIpc) is 2.34. The molecule has 0 saturated carbocycles. The number of para-hydroxylation sites is 2. The van der Waals surface area contributed by atoms with Gasteiger partial charge in [-0.05, 0) is 37.1 Å². The first-order chi connectivity index (χ1) is 8.24. The lowest BCUT2D eigenvalue weighted by molar-refractivity contribution is 0.556. The third-order valence-electron chi connectivity index (χ3n) is 2.80. The Balaban J connectivity index is 2.52. The molecule has 2 heteroatoms. The maximum absolute atomic E-state index is 11.2. The van der Waals surface area contributed by atoms with Gasteiger partial charge < -0.3 is 0 Å². The Bertz CT molecular complexity index is 488. The van der Waals surface area contributed by atoms with Gasteiger partial charge in [-0.15, -0.1) is 0 Å². The summed E-state index contributed by atoms with van der Waals surface area (Å²) >= 11 is 0. The zero-order chi connectivity index (χ0) is 12.3. The smallest absolute Gasteiger partial charge is 0.272 e. The van der Waals surface area contributed by atoms with Gasteiger partial charge >= 0.3 is 6.41 Å². The van der Waals surface area contributed by atoms with Gasteiger partial charge in [0.15, 0.2) is 0 Å². The summed E-state index contributed by atoms with van der Waals surface area (Å²) in [6.45, 7) is 3.97. The maximum atomic E-state index is 11.2. The largest absolute Gasteiger partial charge is 0.321 e. The first-order valence-electron chi connectivity index (χ1n) is 5.53. The molecule has 17 heavy (non-hydrogen) atoms. The van der Waals surface area contributed by atoms with Crippen LogP contribution in [0.25, 0.3) is 0 Å². The highest BCUT2D eigenvalue weighted by atomic mass is 16.1. The van der Waals surface area contributed by atoms with E-state index in [9.17, 15) is 4.79 Å². The minimum atomic E-state index is 0.872. The molecule has 0 spiro atoms. The second-order valence-corrected chi connectivity index (χ2v) is 4.00. The molecule has 0 fully saturated rings. The van der Waals surface area contributed by atoms with Crippen LogP contribution >= 0.6 is 0 Å². The predicted octanol–water partition coefficient (Wildman–Crippen LogP) is 3.51. The molecule has 1 radical (unpaired) electrons. The van der Waals surface area contributed by atoms with Crippen molar-refractivity contribution in [2.24, 2.45) is 0 Å². The van der Waals surface area contributed by atoms with Crippen molar-refractivity contribution in [3.63, 3.8) is 0 Å². The van der Waals surface area contributed by atoms with E-state index in [2.05, 4.69) is 0 Å². The number of carbonyl (C=O) groups excluding carboxylic acids is 1. The summed E-state index contributed by atoms with van der Waals surface area (Å²) in [5.41, 5.74) is 3.85. The molecule has 0 aromatic heterocycles. The minimum Gasteiger partial charge on any atom is -0.272 e. The number of rotatable bonds is 3. The van der Waals surface area contributed by atoms with Gasteiger partial charge in [-0.2, -0.15) is 0 Å². The van der Waals surface area contributed by atoms with E-state index >= 15 is 0 Å². The third-order valence-corrected chi connectivity index (χ3v) is 2.80. The summed E-state index contributed by atoms with van der Waals surface area (Å²) in [4.78, 5) is 12.8. The molecule has 0 aliphatic carbocycles. The molecule has 2 aromatic carbocycles. The summed E-state index contributed by atoms with van der Waals surface area (Å²) in [5, 5.41) is 0. The lowest BCUT2D eigenvalue weighted by Crippen LogP contribution is -2.16. The van der Waals surface area contributed by atoms with E-state index in [0.717, 1.165) is 22.5 Å². The Morgan fingerprint density at radius 2 is 1.24 bits per heavy atom. The summed E-state index contributed by atoms with van der Waals surface area (Å²) in [7, 11) is 0. The number of hydrogen-bond donors (Lipinski definition) is 0. The molecular weight excluding hydrogens is 210 g/mol. The molecule has 0 bridgehead atoms. The van der Waals surface area contributed by atoms with E-state index in [1.54, 1.807) is 4.90 Å². The number of hydrogen-bond acceptors (Lipinski definition) is 1. The maximum Gasteiger partial charge on any atom is 0.321 e. The fraction of sp³-hybridized carbons (Fsp3) is 0.133. The van der Waals surface area contributed by atoms with Gasteiger partial charge in [0.2, 0.25) is 0 Å². The van der Waals surface area contributed by atoms with Crippen molar-refractivity contribution in [2.45, 2.75) is 13.8 Å². The van der Waals surface area contributed by atoms with E-state index in [-0.39, 0.29) is 0 Å². The summed E-state index contributed by atoms with van der Waals surface area (Å²) in [6, 6.07) is 15.6. The zero-order valence-corrected chi connectivity index (χ0v) is 9.97. The van der Waals surface area contributed by atoms with Crippen molar-refractivity contribution >= 4 is 17.8 Å². The third kappa shape index (κ3) is 2.21. The Labute approximate surface area is 102 Å². The molecule has 0 aliphatic heterocycles. The highest BCUT2D eigenvalue weighted by Crippen LogP contribution is 2.28. The van der Waals surface area contributed by atoms with Gasteiger partial charge in [-0.25, -0.2) is 0 Å². The first kappa shape index (κ1) is 11.4. The van der Waals surface area contributed by atoms with E-state index in [1.807, 2.05) is 68.8 Å². The molecule has 0 N–H and O–H groups in total. The van der Waals surface area contributed by atoms with Crippen LogP contribution in [-0.2, 0) is 4.79 Å². The summed E-state index contributed by atoms with van der Waals surface area (Å²) in [6.07, 6.45) is 2.00. The van der Waals surface area contributed by atoms with Gasteiger partial charge in [-0.1, -0.05) is 36.4 Å². The molecule has 2 rings (SSSR count). The molecule has 0 aliphatic rings. The number of amides is 1. The molecular formula is C15H14NO. The highest BCUT2D eigenvalue weighted by Gasteiger charge is 2.12. The first-order valence-corrected chi connectivity index (χ1v) is 5.53. The van der Waals surface area contributed by atoms with Crippen LogP contribution in [0.5, 0.6) is 0 Å². The Kier molecular flexibility index (Phi) is 3.24. The van der Waals surface area contributed by atoms with Crippen LogP contribution in [0.15, 0.2) is 48.5 Å². The lowest BCUT2D eigenvalue weighted by Gasteiger charge is -2.20. The SMILES string of the molecule is Cc1ccccc1N([C]=O)c1ccccc1C. The van der Waals surface area contributed by atoms with E-state index < -0.39 is 0 Å². The van der Waals surface area contributed by atoms with Crippen LogP contribution in [0.3, 0.4) is 0 Å². The zero-order valence-electron chi connectivity index (χ0n) is 9.97. The van der Waals surface area contributed by atoms with Crippen molar-refractivity contribution in [3.8, 4) is 0 Å². The normalized spacial score (nSPS) is 10.0. The Hall–Kier alpha value is -2.09. The van der Waals surface area contributed by atoms with E-state index in [1.165, 1.54) is 0 Å². The predicted molar refractivity (Wildman–Crippen MR) is 70.2 cm³/mol. The second kappa shape index (κ2) is 4.83. The average molecular weight is 224 g/mol. The fourth-order valence-electron chi connectivity index (χ4n) is 1.86. The van der Waals surface area contributed by atoms with Gasteiger partial charge in [0.05, 0.1) is 11.4 Å². The molecule has 0 heterocycles. The lowest BCUT2D eigenvalue weighted by atomic mass is 10.1. The molecule has 1 amide bonds. The second-order valence-electron chi connectivity index (χ2n) is 4.00. The number of aryl methyl sites for hydroxylation is 2. The fourth-order valence-corrected chi connectivity index (χ4v) is 1.86. The van der Waals surface area contributed by atoms with E-state index in [4.69, 9.17) is 0 Å². The summed E-state index contributed by atoms with van der Waals surface area (Å²) in [5.74, 6) is 0. The monoisotopic (exact) mass is 224 g/mol. The van der Waals surface area contributed by atoms with Crippen molar-refractivity contribution in [1.29, 1.82) is 0 Å². The molecule has 2 nitrogen and oxygen atoms in total. The molecule has 0 atom stereocenters. The van der Waals surface area contributed by atoms with Crippen LogP contribution in [0.4, 0.5) is 11.4 Å². The van der Waals surface area contributed by atoms with Crippen LogP contribution in [0.2, 0.25) is 0 Å². The standard InChI is InChI=1S/C15H14NO/c1-12-7-3-5-9-14(12)16(11-17)15-10-6-4-8-13(15)2/h3-10H,1-2H3. The Morgan fingerprint density at radius 3 is 1.59 bits per heavy atom. The molecule has 2 aromatic rings. The van der Waals surface area contributed by atoms with Gasteiger partial charge in [0, 0.05) is 0 Å². The number of anilines is 2. The minimum absolute atomic E-state index is 0.872. The number of nitrogens with zero attached hydrogens (tertiary/aromatic N) is 1. The van der Waals surface area contributed by atoms with Crippen LogP contribution in [0, 0.1) is 13.8 Å². The number of benzene rings is 2.